The summed E-state index contributed by atoms with van der Waals surface area (Å²) in [6.07, 6.45) is 3.34. The second-order valence-electron chi connectivity index (χ2n) is 4.99. The minimum atomic E-state index is -0.939. The lowest BCUT2D eigenvalue weighted by atomic mass is 10.1. The van der Waals surface area contributed by atoms with Crippen LogP contribution in [-0.2, 0) is 0 Å². The van der Waals surface area contributed by atoms with E-state index in [1.54, 1.807) is 0 Å². The molecule has 0 unspecified atom stereocenters. The van der Waals surface area contributed by atoms with Crippen molar-refractivity contribution in [3.05, 3.63) is 29.8 Å². The second-order valence-corrected chi connectivity index (χ2v) is 4.99. The predicted octanol–water partition coefficient (Wildman–Crippen LogP) is 2.39. The molecule has 7 heteroatoms. The summed E-state index contributed by atoms with van der Waals surface area (Å²) in [5.74, 6) is -1.03. The summed E-state index contributed by atoms with van der Waals surface area (Å²) >= 11 is 0. The summed E-state index contributed by atoms with van der Waals surface area (Å²) < 4.78 is 26.3. The van der Waals surface area contributed by atoms with Crippen molar-refractivity contribution >= 4 is 11.9 Å². The van der Waals surface area contributed by atoms with Crippen LogP contribution in [0.2, 0.25) is 0 Å². The minimum absolute atomic E-state index is 0.0744. The highest BCUT2D eigenvalue weighted by Gasteiger charge is 2.16. The molecule has 2 heterocycles. The van der Waals surface area contributed by atoms with Crippen molar-refractivity contribution in [2.24, 2.45) is 0 Å². The van der Waals surface area contributed by atoms with Gasteiger partial charge in [0.1, 0.15) is 0 Å². The lowest BCUT2D eigenvalue weighted by Crippen LogP contribution is -2.31. The molecule has 0 spiro atoms. The molecule has 0 aliphatic carbocycles. The second kappa shape index (κ2) is 5.59. The van der Waals surface area contributed by atoms with Gasteiger partial charge in [-0.3, -0.25) is 0 Å². The van der Waals surface area contributed by atoms with Crippen molar-refractivity contribution in [1.82, 2.24) is 15.0 Å². The zero-order chi connectivity index (χ0) is 14.8. The van der Waals surface area contributed by atoms with Crippen molar-refractivity contribution in [3.63, 3.8) is 0 Å². The molecule has 0 radical (unpaired) electrons. The zero-order valence-electron chi connectivity index (χ0n) is 11.4. The van der Waals surface area contributed by atoms with Gasteiger partial charge in [-0.15, -0.1) is 0 Å². The molecule has 0 bridgehead atoms. The van der Waals surface area contributed by atoms with E-state index in [2.05, 4.69) is 15.0 Å². The number of nitrogens with zero attached hydrogens (tertiary/aromatic N) is 4. The van der Waals surface area contributed by atoms with Crippen molar-refractivity contribution in [2.45, 2.75) is 19.3 Å². The summed E-state index contributed by atoms with van der Waals surface area (Å²) in [7, 11) is 0. The van der Waals surface area contributed by atoms with E-state index >= 15 is 0 Å². The van der Waals surface area contributed by atoms with Crippen molar-refractivity contribution < 1.29 is 8.78 Å². The molecule has 1 aliphatic rings. The van der Waals surface area contributed by atoms with Crippen molar-refractivity contribution in [1.29, 1.82) is 0 Å². The van der Waals surface area contributed by atoms with Crippen LogP contribution >= 0.6 is 0 Å². The average Bonchev–Trinajstić information content (AvgIpc) is 2.50. The standard InChI is InChI=1S/C14H15F2N5/c15-10-5-4-9(8-11(10)16)12-18-13(17)20-14(19-12)21-6-2-1-3-7-21/h4-5,8H,1-3,6-7H2,(H2,17,18,19,20). The Labute approximate surface area is 120 Å². The van der Waals surface area contributed by atoms with Gasteiger partial charge in [-0.25, -0.2) is 8.78 Å². The minimum Gasteiger partial charge on any atom is -0.368 e. The van der Waals surface area contributed by atoms with Crippen molar-refractivity contribution in [3.8, 4) is 11.4 Å². The van der Waals surface area contributed by atoms with Gasteiger partial charge in [0, 0.05) is 18.7 Å². The quantitative estimate of drug-likeness (QED) is 0.920. The molecule has 3 rings (SSSR count). The molecular formula is C14H15F2N5. The first kappa shape index (κ1) is 13.7. The SMILES string of the molecule is Nc1nc(-c2ccc(F)c(F)c2)nc(N2CCCCC2)n1. The third-order valence-electron chi connectivity index (χ3n) is 3.46. The lowest BCUT2D eigenvalue weighted by molar-refractivity contribution is 0.509. The summed E-state index contributed by atoms with van der Waals surface area (Å²) in [6.45, 7) is 1.72. The Bertz CT molecular complexity index is 656. The fourth-order valence-electron chi connectivity index (χ4n) is 2.38. The number of rotatable bonds is 2. The normalized spacial score (nSPS) is 15.2. The van der Waals surface area contributed by atoms with Gasteiger partial charge in [-0.2, -0.15) is 15.0 Å². The summed E-state index contributed by atoms with van der Waals surface area (Å²) in [5.41, 5.74) is 6.09. The largest absolute Gasteiger partial charge is 0.368 e. The molecule has 1 aromatic carbocycles. The number of hydrogen-bond donors (Lipinski definition) is 1. The Kier molecular flexibility index (Phi) is 3.64. The fraction of sp³-hybridized carbons (Fsp3) is 0.357. The summed E-state index contributed by atoms with van der Waals surface area (Å²) in [6, 6.07) is 3.53. The predicted molar refractivity (Wildman–Crippen MR) is 75.7 cm³/mol. The number of nitrogen functional groups attached to an aromatic ring is 1. The molecule has 1 aromatic heterocycles. The van der Waals surface area contributed by atoms with E-state index in [0.29, 0.717) is 11.5 Å². The van der Waals surface area contributed by atoms with Crippen LogP contribution in [0, 0.1) is 11.6 Å². The molecule has 2 aromatic rings. The molecular weight excluding hydrogens is 276 g/mol. The maximum Gasteiger partial charge on any atom is 0.230 e. The Morgan fingerprint density at radius 2 is 1.71 bits per heavy atom. The molecule has 0 saturated carbocycles. The van der Waals surface area contributed by atoms with Gasteiger partial charge in [-0.05, 0) is 37.5 Å². The number of piperidine rings is 1. The van der Waals surface area contributed by atoms with Gasteiger partial charge in [0.2, 0.25) is 11.9 Å². The maximum atomic E-state index is 13.3. The maximum absolute atomic E-state index is 13.3. The first-order chi connectivity index (χ1) is 10.1. The first-order valence-corrected chi connectivity index (χ1v) is 6.85. The van der Waals surface area contributed by atoms with Crippen LogP contribution in [0.5, 0.6) is 0 Å². The van der Waals surface area contributed by atoms with E-state index in [1.165, 1.54) is 12.5 Å². The number of aromatic nitrogens is 3. The molecule has 5 nitrogen and oxygen atoms in total. The third-order valence-corrected chi connectivity index (χ3v) is 3.46. The lowest BCUT2D eigenvalue weighted by Gasteiger charge is -2.26. The summed E-state index contributed by atoms with van der Waals surface area (Å²) in [5, 5.41) is 0. The van der Waals surface area contributed by atoms with Gasteiger partial charge in [0.05, 0.1) is 0 Å². The van der Waals surface area contributed by atoms with E-state index in [1.807, 2.05) is 4.90 Å². The first-order valence-electron chi connectivity index (χ1n) is 6.85. The molecule has 0 atom stereocenters. The van der Waals surface area contributed by atoms with E-state index in [-0.39, 0.29) is 11.8 Å². The van der Waals surface area contributed by atoms with E-state index in [0.717, 1.165) is 38.1 Å². The monoisotopic (exact) mass is 291 g/mol. The Hall–Kier alpha value is -2.31. The van der Waals surface area contributed by atoms with Crippen LogP contribution in [0.1, 0.15) is 19.3 Å². The third kappa shape index (κ3) is 2.91. The number of hydrogen-bond acceptors (Lipinski definition) is 5. The molecule has 2 N–H and O–H groups in total. The van der Waals surface area contributed by atoms with E-state index in [9.17, 15) is 8.78 Å². The number of halogens is 2. The van der Waals surface area contributed by atoms with Crippen LogP contribution < -0.4 is 10.6 Å². The van der Waals surface area contributed by atoms with Crippen LogP contribution in [0.3, 0.4) is 0 Å². The topological polar surface area (TPSA) is 67.9 Å². The number of anilines is 2. The van der Waals surface area contributed by atoms with Crippen LogP contribution in [-0.4, -0.2) is 28.0 Å². The molecule has 0 amide bonds. The number of benzene rings is 1. The van der Waals surface area contributed by atoms with Gasteiger partial charge in [0.15, 0.2) is 17.5 Å². The highest BCUT2D eigenvalue weighted by atomic mass is 19.2. The molecule has 1 fully saturated rings. The average molecular weight is 291 g/mol. The zero-order valence-corrected chi connectivity index (χ0v) is 11.4. The van der Waals surface area contributed by atoms with E-state index in [4.69, 9.17) is 5.73 Å². The molecule has 21 heavy (non-hydrogen) atoms. The van der Waals surface area contributed by atoms with Gasteiger partial charge in [0.25, 0.3) is 0 Å². The van der Waals surface area contributed by atoms with Crippen LogP contribution in [0.15, 0.2) is 18.2 Å². The number of nitrogens with two attached hydrogens (primary N) is 1. The smallest absolute Gasteiger partial charge is 0.230 e. The van der Waals surface area contributed by atoms with Gasteiger partial charge in [-0.1, -0.05) is 0 Å². The molecule has 1 aliphatic heterocycles. The Morgan fingerprint density at radius 3 is 2.43 bits per heavy atom. The summed E-state index contributed by atoms with van der Waals surface area (Å²) in [4.78, 5) is 14.5. The Balaban J connectivity index is 1.98. The van der Waals surface area contributed by atoms with Gasteiger partial charge >= 0.3 is 0 Å². The van der Waals surface area contributed by atoms with E-state index < -0.39 is 11.6 Å². The fourth-order valence-corrected chi connectivity index (χ4v) is 2.38. The molecule has 110 valence electrons. The van der Waals surface area contributed by atoms with Crippen molar-refractivity contribution in [2.75, 3.05) is 23.7 Å². The molecule has 1 saturated heterocycles. The Morgan fingerprint density at radius 1 is 0.952 bits per heavy atom. The van der Waals surface area contributed by atoms with Crippen LogP contribution in [0.4, 0.5) is 20.7 Å². The highest BCUT2D eigenvalue weighted by molar-refractivity contribution is 5.58. The van der Waals surface area contributed by atoms with Gasteiger partial charge < -0.3 is 10.6 Å². The highest BCUT2D eigenvalue weighted by Crippen LogP contribution is 2.22. The van der Waals surface area contributed by atoms with Crippen LogP contribution in [0.25, 0.3) is 11.4 Å².